The topological polar surface area (TPSA) is 216 Å². The van der Waals surface area contributed by atoms with E-state index in [9.17, 15) is 36.6 Å². The number of amides is 2. The summed E-state index contributed by atoms with van der Waals surface area (Å²) in [6.45, 7) is 3.29. The zero-order valence-corrected chi connectivity index (χ0v) is 41.2. The van der Waals surface area contributed by atoms with Crippen molar-refractivity contribution in [3.63, 3.8) is 0 Å². The molecule has 0 saturated carbocycles. The fourth-order valence-electron chi connectivity index (χ4n) is 8.09. The third-order valence-electron chi connectivity index (χ3n) is 11.6. The van der Waals surface area contributed by atoms with Gasteiger partial charge in [0.1, 0.15) is 24.2 Å². The molecule has 2 aromatic heterocycles. The molecule has 2 amide bonds. The molecule has 4 heterocycles. The van der Waals surface area contributed by atoms with Crippen molar-refractivity contribution in [3.8, 4) is 34.0 Å². The van der Waals surface area contributed by atoms with Gasteiger partial charge in [0, 0.05) is 98.6 Å². The van der Waals surface area contributed by atoms with E-state index in [1.54, 1.807) is 97.0 Å². The predicted octanol–water partition coefficient (Wildman–Crippen LogP) is 7.24. The Morgan fingerprint density at radius 3 is 1.24 bits per heavy atom. The van der Waals surface area contributed by atoms with Crippen LogP contribution in [0.15, 0.2) is 122 Å². The summed E-state index contributed by atoms with van der Waals surface area (Å²) in [5.41, 5.74) is 5.58. The summed E-state index contributed by atoms with van der Waals surface area (Å²) >= 11 is 0. The number of rotatable bonds is 10. The average Bonchev–Trinajstić information content (AvgIpc) is 4.00. The van der Waals surface area contributed by atoms with Crippen molar-refractivity contribution in [2.75, 3.05) is 72.0 Å². The maximum absolute atomic E-state index is 13.0. The van der Waals surface area contributed by atoms with Crippen molar-refractivity contribution in [2.24, 2.45) is 0 Å². The zero-order valence-electron chi connectivity index (χ0n) is 37.9. The second-order valence-corrected chi connectivity index (χ2v) is 20.0. The Balaban J connectivity index is 0.000000247. The summed E-state index contributed by atoms with van der Waals surface area (Å²) in [5, 5.41) is 18.9. The fraction of sp³-hybridized carbons (Fsp3) is 0.304. The molecule has 2 aliphatic rings. The molecule has 68 heavy (non-hydrogen) atoms. The molecular formula is C46H56Cl2N10O8S2. The zero-order chi connectivity index (χ0) is 47.2. The van der Waals surface area contributed by atoms with E-state index in [-0.39, 0.29) is 60.5 Å². The molecule has 2 aliphatic heterocycles. The highest BCUT2D eigenvalue weighted by molar-refractivity contribution is 7.92. The van der Waals surface area contributed by atoms with Crippen LogP contribution in [0, 0.1) is 0 Å². The molecule has 4 aromatic carbocycles. The first kappa shape index (κ1) is 52.5. The Kier molecular flexibility index (Phi) is 17.4. The molecule has 8 rings (SSSR count). The first-order chi connectivity index (χ1) is 31.4. The smallest absolute Gasteiger partial charge is 0.329 e. The van der Waals surface area contributed by atoms with Crippen LogP contribution in [-0.4, -0.2) is 133 Å². The van der Waals surface area contributed by atoms with Gasteiger partial charge in [0.25, 0.3) is 0 Å². The van der Waals surface area contributed by atoms with Gasteiger partial charge in [-0.3, -0.25) is 18.6 Å². The first-order valence-corrected chi connectivity index (χ1v) is 25.0. The van der Waals surface area contributed by atoms with Gasteiger partial charge in [-0.15, -0.1) is 24.8 Å². The highest BCUT2D eigenvalue weighted by Gasteiger charge is 2.28. The Morgan fingerprint density at radius 2 is 0.912 bits per heavy atom. The maximum atomic E-state index is 13.0. The van der Waals surface area contributed by atoms with Gasteiger partial charge in [-0.2, -0.15) is 0 Å². The summed E-state index contributed by atoms with van der Waals surface area (Å²) < 4.78 is 53.8. The number of anilines is 4. The van der Waals surface area contributed by atoms with Crippen LogP contribution >= 0.6 is 24.8 Å². The normalized spacial score (nSPS) is 14.4. The van der Waals surface area contributed by atoms with Crippen molar-refractivity contribution >= 4 is 79.7 Å². The molecule has 0 bridgehead atoms. The summed E-state index contributed by atoms with van der Waals surface area (Å²) in [6, 6.07) is 28.0. The third-order valence-corrected chi connectivity index (χ3v) is 12.8. The lowest BCUT2D eigenvalue weighted by Gasteiger charge is -2.37. The Morgan fingerprint density at radius 1 is 0.574 bits per heavy atom. The van der Waals surface area contributed by atoms with Gasteiger partial charge >= 0.3 is 12.1 Å². The predicted molar refractivity (Wildman–Crippen MR) is 271 cm³/mol. The SMILES string of the molecule is CN(C(=O)n1cnc(-c2cccc(NS(C)(=O)=O)c2)c1)C1CCN(c2ccc(O)cc2)CC1.CN(C(=O)n1cnc(-c2cccc(NS(C)(=O)=O)c2)c1)C1CCN(c2ccc(O)cc2)CC1.Cl.Cl. The van der Waals surface area contributed by atoms with Gasteiger partial charge in [0.05, 0.1) is 23.9 Å². The molecule has 364 valence electrons. The molecule has 2 fully saturated rings. The van der Waals surface area contributed by atoms with E-state index >= 15 is 0 Å². The Bertz CT molecular complexity index is 2670. The van der Waals surface area contributed by atoms with Crippen LogP contribution < -0.4 is 19.2 Å². The lowest BCUT2D eigenvalue weighted by Crippen LogP contribution is -2.46. The van der Waals surface area contributed by atoms with Crippen molar-refractivity contribution in [3.05, 3.63) is 122 Å². The molecular weight excluding hydrogens is 956 g/mol. The minimum atomic E-state index is -3.38. The third kappa shape index (κ3) is 13.8. The van der Waals surface area contributed by atoms with Crippen molar-refractivity contribution in [1.29, 1.82) is 0 Å². The van der Waals surface area contributed by atoms with E-state index in [1.807, 2.05) is 36.4 Å². The molecule has 6 aromatic rings. The highest BCUT2D eigenvalue weighted by atomic mass is 35.5. The largest absolute Gasteiger partial charge is 0.508 e. The second-order valence-electron chi connectivity index (χ2n) is 16.5. The summed E-state index contributed by atoms with van der Waals surface area (Å²) in [4.78, 5) is 42.8. The van der Waals surface area contributed by atoms with Crippen LogP contribution in [0.3, 0.4) is 0 Å². The molecule has 0 atom stereocenters. The van der Waals surface area contributed by atoms with Crippen LogP contribution in [0.5, 0.6) is 11.5 Å². The number of imidazole rings is 2. The minimum Gasteiger partial charge on any atom is -0.508 e. The molecule has 0 spiro atoms. The monoisotopic (exact) mass is 1010 g/mol. The number of hydrogen-bond donors (Lipinski definition) is 4. The van der Waals surface area contributed by atoms with Crippen LogP contribution in [0.4, 0.5) is 32.3 Å². The van der Waals surface area contributed by atoms with Crippen LogP contribution in [0.1, 0.15) is 25.7 Å². The number of aromatic nitrogens is 4. The van der Waals surface area contributed by atoms with Gasteiger partial charge < -0.3 is 29.8 Å². The number of nitrogens with zero attached hydrogens (tertiary/aromatic N) is 8. The van der Waals surface area contributed by atoms with E-state index in [4.69, 9.17) is 0 Å². The maximum Gasteiger partial charge on any atom is 0.329 e. The molecule has 0 radical (unpaired) electrons. The molecule has 0 unspecified atom stereocenters. The number of halogens is 2. The number of hydrogen-bond acceptors (Lipinski definition) is 12. The van der Waals surface area contributed by atoms with Crippen LogP contribution in [-0.2, 0) is 20.0 Å². The average molecular weight is 1010 g/mol. The quantitative estimate of drug-likeness (QED) is 0.107. The number of phenols is 2. The van der Waals surface area contributed by atoms with Gasteiger partial charge in [-0.1, -0.05) is 24.3 Å². The van der Waals surface area contributed by atoms with Crippen molar-refractivity contribution < 1.29 is 36.6 Å². The Labute approximate surface area is 409 Å². The molecule has 2 saturated heterocycles. The first-order valence-electron chi connectivity index (χ1n) is 21.3. The van der Waals surface area contributed by atoms with Gasteiger partial charge in [0.15, 0.2) is 0 Å². The molecule has 4 N–H and O–H groups in total. The lowest BCUT2D eigenvalue weighted by molar-refractivity contribution is 0.181. The number of piperidine rings is 2. The molecule has 18 nitrogen and oxygen atoms in total. The van der Waals surface area contributed by atoms with Gasteiger partial charge in [0.2, 0.25) is 20.0 Å². The summed E-state index contributed by atoms with van der Waals surface area (Å²) in [5.74, 6) is 0.495. The Hall–Kier alpha value is -6.48. The van der Waals surface area contributed by atoms with Crippen LogP contribution in [0.25, 0.3) is 22.5 Å². The van der Waals surface area contributed by atoms with Gasteiger partial charge in [-0.25, -0.2) is 36.4 Å². The van der Waals surface area contributed by atoms with Crippen molar-refractivity contribution in [2.45, 2.75) is 37.8 Å². The van der Waals surface area contributed by atoms with E-state index in [0.29, 0.717) is 33.9 Å². The minimum absolute atomic E-state index is 0. The number of carbonyl (C=O) groups excluding carboxylic acids is 2. The number of nitrogens with one attached hydrogen (secondary N) is 2. The highest BCUT2D eigenvalue weighted by Crippen LogP contribution is 2.28. The lowest BCUT2D eigenvalue weighted by atomic mass is 10.0. The van der Waals surface area contributed by atoms with Crippen LogP contribution in [0.2, 0.25) is 0 Å². The van der Waals surface area contributed by atoms with E-state index < -0.39 is 20.0 Å². The fourth-order valence-corrected chi connectivity index (χ4v) is 9.20. The second kappa shape index (κ2) is 22.5. The van der Waals surface area contributed by atoms with Crippen molar-refractivity contribution in [1.82, 2.24) is 28.9 Å². The number of aromatic hydroxyl groups is 2. The number of phenolic OH excluding ortho intramolecular Hbond substituents is 2. The number of sulfonamides is 2. The summed E-state index contributed by atoms with van der Waals surface area (Å²) in [7, 11) is -3.16. The van der Waals surface area contributed by atoms with E-state index in [2.05, 4.69) is 29.2 Å². The molecule has 0 aliphatic carbocycles. The van der Waals surface area contributed by atoms with Gasteiger partial charge in [-0.05, 0) is 98.5 Å². The number of carbonyl (C=O) groups is 2. The standard InChI is InChI=1S/2C23H27N5O4S.2ClH/c2*1-26(19-10-12-27(13-11-19)20-6-8-21(29)9-7-20)23(30)28-15-22(24-16-28)17-4-3-5-18(14-17)25-33(2,31)32;;/h2*3-9,14-16,19,25,29H,10-13H2,1-2H3;2*1H. The summed E-state index contributed by atoms with van der Waals surface area (Å²) in [6.07, 6.45) is 11.8. The molecule has 22 heteroatoms. The van der Waals surface area contributed by atoms with E-state index in [0.717, 1.165) is 75.7 Å². The van der Waals surface area contributed by atoms with E-state index in [1.165, 1.54) is 21.8 Å². The number of benzene rings is 4.